The Bertz CT molecular complexity index is 539. The van der Waals surface area contributed by atoms with E-state index in [4.69, 9.17) is 4.84 Å². The van der Waals surface area contributed by atoms with Crippen molar-refractivity contribution in [2.75, 3.05) is 27.7 Å². The number of aryl methyl sites for hydroxylation is 1. The molecule has 1 aromatic rings. The van der Waals surface area contributed by atoms with Crippen molar-refractivity contribution in [3.63, 3.8) is 0 Å². The molecule has 0 saturated carbocycles. The van der Waals surface area contributed by atoms with Gasteiger partial charge in [0.25, 0.3) is 5.91 Å². The number of hydroxylamine groups is 2. The van der Waals surface area contributed by atoms with E-state index in [9.17, 15) is 13.2 Å². The smallest absolute Gasteiger partial charge is 0.261 e. The van der Waals surface area contributed by atoms with E-state index >= 15 is 0 Å². The summed E-state index contributed by atoms with van der Waals surface area (Å²) in [5.74, 6) is -0.444. The second-order valence-corrected chi connectivity index (χ2v) is 6.19. The first kappa shape index (κ1) is 15.6. The molecule has 6 nitrogen and oxygen atoms in total. The summed E-state index contributed by atoms with van der Waals surface area (Å²) < 4.78 is 25.4. The molecule has 0 unspecified atom stereocenters. The van der Waals surface area contributed by atoms with Crippen molar-refractivity contribution >= 4 is 15.9 Å². The number of sulfonamides is 1. The molecule has 0 radical (unpaired) electrons. The van der Waals surface area contributed by atoms with Gasteiger partial charge in [-0.05, 0) is 19.1 Å². The lowest BCUT2D eigenvalue weighted by Gasteiger charge is -2.20. The quantitative estimate of drug-likeness (QED) is 0.745. The van der Waals surface area contributed by atoms with Gasteiger partial charge in [0.15, 0.2) is 0 Å². The number of likely N-dealkylation sites (N-methyl/N-ethyl adjacent to an activating group) is 2. The molecule has 0 aromatic heterocycles. The minimum Gasteiger partial charge on any atom is -0.275 e. The van der Waals surface area contributed by atoms with Gasteiger partial charge in [0.05, 0.1) is 18.6 Å². The Balaban J connectivity index is 2.88. The number of nitrogens with zero attached hydrogens (tertiary/aromatic N) is 2. The van der Waals surface area contributed by atoms with E-state index in [1.54, 1.807) is 12.1 Å². The van der Waals surface area contributed by atoms with Gasteiger partial charge in [-0.1, -0.05) is 17.7 Å². The maximum Gasteiger partial charge on any atom is 0.261 e. The second kappa shape index (κ2) is 6.14. The van der Waals surface area contributed by atoms with E-state index < -0.39 is 15.9 Å². The summed E-state index contributed by atoms with van der Waals surface area (Å²) in [7, 11) is 0.460. The Morgan fingerprint density at radius 3 is 2.21 bits per heavy atom. The molecule has 7 heteroatoms. The van der Waals surface area contributed by atoms with E-state index in [0.29, 0.717) is 0 Å². The highest BCUT2D eigenvalue weighted by Crippen LogP contribution is 2.14. The first-order valence-corrected chi connectivity index (χ1v) is 7.06. The molecule has 1 aromatic carbocycles. The van der Waals surface area contributed by atoms with Crippen LogP contribution in [-0.2, 0) is 19.7 Å². The summed E-state index contributed by atoms with van der Waals surface area (Å²) in [6.07, 6.45) is 0. The number of amides is 1. The molecule has 1 rings (SSSR count). The summed E-state index contributed by atoms with van der Waals surface area (Å²) in [6.45, 7) is 1.59. The van der Waals surface area contributed by atoms with Gasteiger partial charge in [-0.25, -0.2) is 13.5 Å². The van der Waals surface area contributed by atoms with Gasteiger partial charge in [0.2, 0.25) is 10.0 Å². The number of rotatable bonds is 5. The Hall–Kier alpha value is -1.44. The first-order valence-electron chi connectivity index (χ1n) is 5.62. The predicted octanol–water partition coefficient (Wildman–Crippen LogP) is 0.635. The van der Waals surface area contributed by atoms with Gasteiger partial charge in [0.1, 0.15) is 0 Å². The molecule has 0 N–H and O–H groups in total. The van der Waals surface area contributed by atoms with Crippen molar-refractivity contribution in [2.45, 2.75) is 11.8 Å². The average Bonchev–Trinajstić information content (AvgIpc) is 2.38. The highest BCUT2D eigenvalue weighted by molar-refractivity contribution is 7.89. The maximum atomic E-state index is 12.2. The lowest BCUT2D eigenvalue weighted by atomic mass is 10.2. The number of carbonyl (C=O) groups excluding carboxylic acids is 1. The van der Waals surface area contributed by atoms with E-state index in [-0.39, 0.29) is 11.4 Å². The van der Waals surface area contributed by atoms with Crippen LogP contribution in [0.25, 0.3) is 0 Å². The largest absolute Gasteiger partial charge is 0.275 e. The Kier molecular flexibility index (Phi) is 5.04. The second-order valence-electron chi connectivity index (χ2n) is 4.15. The first-order chi connectivity index (χ1) is 8.78. The fourth-order valence-corrected chi connectivity index (χ4v) is 2.49. The predicted molar refractivity (Wildman–Crippen MR) is 70.8 cm³/mol. The fraction of sp³-hybridized carbons (Fsp3) is 0.417. The minimum absolute atomic E-state index is 0.161. The van der Waals surface area contributed by atoms with E-state index in [1.807, 2.05) is 6.92 Å². The molecule has 0 atom stereocenters. The average molecular weight is 286 g/mol. The molecule has 0 spiro atoms. The lowest BCUT2D eigenvalue weighted by Crippen LogP contribution is -2.38. The van der Waals surface area contributed by atoms with Crippen molar-refractivity contribution in [1.29, 1.82) is 0 Å². The van der Waals surface area contributed by atoms with E-state index in [2.05, 4.69) is 0 Å². The SMILES string of the molecule is CON(C)C(=O)CN(C)S(=O)(=O)c1ccc(C)cc1. The molecule has 0 heterocycles. The number of benzene rings is 1. The van der Waals surface area contributed by atoms with Crippen LogP contribution in [0, 0.1) is 6.92 Å². The van der Waals surface area contributed by atoms with Gasteiger partial charge in [-0.15, -0.1) is 0 Å². The molecule has 0 aliphatic heterocycles. The standard InChI is InChI=1S/C12H18N2O4S/c1-10-5-7-11(8-6-10)19(16,17)13(2)9-12(15)14(3)18-4/h5-8H,9H2,1-4H3. The summed E-state index contributed by atoms with van der Waals surface area (Å²) in [5.41, 5.74) is 0.969. The molecule has 0 aliphatic rings. The molecule has 0 aliphatic carbocycles. The maximum absolute atomic E-state index is 12.2. The Labute approximate surface area is 113 Å². The molecule has 0 saturated heterocycles. The summed E-state index contributed by atoms with van der Waals surface area (Å²) >= 11 is 0. The zero-order chi connectivity index (χ0) is 14.6. The van der Waals surface area contributed by atoms with Gasteiger partial charge in [-0.2, -0.15) is 4.31 Å². The summed E-state index contributed by atoms with van der Waals surface area (Å²) in [6, 6.07) is 6.46. The summed E-state index contributed by atoms with van der Waals surface area (Å²) in [4.78, 5) is 16.5. The number of hydrogen-bond acceptors (Lipinski definition) is 4. The van der Waals surface area contributed by atoms with Crippen molar-refractivity contribution in [2.24, 2.45) is 0 Å². The van der Waals surface area contributed by atoms with Gasteiger partial charge >= 0.3 is 0 Å². The van der Waals surface area contributed by atoms with E-state index in [0.717, 1.165) is 14.9 Å². The molecule has 0 bridgehead atoms. The van der Waals surface area contributed by atoms with Crippen LogP contribution in [0.3, 0.4) is 0 Å². The highest BCUT2D eigenvalue weighted by atomic mass is 32.2. The lowest BCUT2D eigenvalue weighted by molar-refractivity contribution is -0.168. The van der Waals surface area contributed by atoms with Gasteiger partial charge in [0, 0.05) is 14.1 Å². The third-order valence-corrected chi connectivity index (χ3v) is 4.53. The minimum atomic E-state index is -3.66. The molecular weight excluding hydrogens is 268 g/mol. The van der Waals surface area contributed by atoms with E-state index in [1.165, 1.54) is 33.3 Å². The van der Waals surface area contributed by atoms with Crippen LogP contribution in [0.15, 0.2) is 29.2 Å². The van der Waals surface area contributed by atoms with Crippen LogP contribution >= 0.6 is 0 Å². The molecule has 1 amide bonds. The highest BCUT2D eigenvalue weighted by Gasteiger charge is 2.24. The van der Waals surface area contributed by atoms with Crippen LogP contribution in [0.5, 0.6) is 0 Å². The topological polar surface area (TPSA) is 66.9 Å². The monoisotopic (exact) mass is 286 g/mol. The molecular formula is C12H18N2O4S. The zero-order valence-corrected chi connectivity index (χ0v) is 12.3. The molecule has 106 valence electrons. The van der Waals surface area contributed by atoms with Gasteiger partial charge < -0.3 is 0 Å². The number of hydrogen-bond donors (Lipinski definition) is 0. The zero-order valence-electron chi connectivity index (χ0n) is 11.5. The van der Waals surface area contributed by atoms with Crippen molar-refractivity contribution in [3.8, 4) is 0 Å². The van der Waals surface area contributed by atoms with Gasteiger partial charge in [-0.3, -0.25) is 9.63 Å². The van der Waals surface area contributed by atoms with Crippen LogP contribution < -0.4 is 0 Å². The fourth-order valence-electron chi connectivity index (χ4n) is 1.37. The Morgan fingerprint density at radius 2 is 1.74 bits per heavy atom. The third-order valence-electron chi connectivity index (χ3n) is 2.71. The van der Waals surface area contributed by atoms with Crippen molar-refractivity contribution in [3.05, 3.63) is 29.8 Å². The normalized spacial score (nSPS) is 11.6. The van der Waals surface area contributed by atoms with Crippen LogP contribution in [0.2, 0.25) is 0 Å². The molecule has 0 fully saturated rings. The van der Waals surface area contributed by atoms with Crippen LogP contribution in [0.4, 0.5) is 0 Å². The summed E-state index contributed by atoms with van der Waals surface area (Å²) in [5, 5.41) is 0.987. The van der Waals surface area contributed by atoms with Crippen molar-refractivity contribution in [1.82, 2.24) is 9.37 Å². The Morgan fingerprint density at radius 1 is 1.21 bits per heavy atom. The van der Waals surface area contributed by atoms with Crippen LogP contribution in [0.1, 0.15) is 5.56 Å². The third kappa shape index (κ3) is 3.76. The number of carbonyl (C=O) groups is 1. The molecule has 19 heavy (non-hydrogen) atoms. The van der Waals surface area contributed by atoms with Crippen molar-refractivity contribution < 1.29 is 18.0 Å². The van der Waals surface area contributed by atoms with Crippen LogP contribution in [-0.4, -0.2) is 51.4 Å².